The summed E-state index contributed by atoms with van der Waals surface area (Å²) in [4.78, 5) is 25.9. The number of fused-ring (bicyclic) bond motifs is 5. The van der Waals surface area contributed by atoms with Gasteiger partial charge in [0, 0.05) is 53.4 Å². The quantitative estimate of drug-likeness (QED) is 0.504. The SMILES string of the molecule is COc1ccc2[nH]c3c(c2c1)CCN(C)C31CCN(C(=O)c2ccc3ncccc3c2)CC1. The Morgan fingerprint density at radius 1 is 1.09 bits per heavy atom. The van der Waals surface area contributed by atoms with E-state index in [1.54, 1.807) is 13.3 Å². The molecule has 2 aromatic heterocycles. The minimum Gasteiger partial charge on any atom is -0.497 e. The topological polar surface area (TPSA) is 61.5 Å². The lowest BCUT2D eigenvalue weighted by atomic mass is 9.77. The normalized spacial score (nSPS) is 18.1. The molecule has 168 valence electrons. The first-order chi connectivity index (χ1) is 16.1. The molecule has 0 unspecified atom stereocenters. The number of hydrogen-bond donors (Lipinski definition) is 1. The minimum absolute atomic E-state index is 0.0656. The van der Waals surface area contributed by atoms with Crippen LogP contribution in [-0.4, -0.2) is 59.5 Å². The van der Waals surface area contributed by atoms with Crippen molar-refractivity contribution in [1.29, 1.82) is 0 Å². The third-order valence-corrected chi connectivity index (χ3v) is 7.73. The molecule has 6 nitrogen and oxygen atoms in total. The molecule has 4 aromatic rings. The van der Waals surface area contributed by atoms with Crippen LogP contribution < -0.4 is 4.74 Å². The number of ether oxygens (including phenoxy) is 1. The van der Waals surface area contributed by atoms with E-state index in [2.05, 4.69) is 34.0 Å². The molecule has 2 aliphatic rings. The number of hydrogen-bond acceptors (Lipinski definition) is 4. The molecule has 4 heterocycles. The standard InChI is InChI=1S/C27H28N4O2/c1-30-13-9-21-22-17-20(33-2)6-8-24(22)29-25(21)27(30)10-14-31(15-11-27)26(32)19-5-7-23-18(16-19)4-3-12-28-23/h3-8,12,16-17,29H,9-11,13-15H2,1-2H3. The van der Waals surface area contributed by atoms with Crippen molar-refractivity contribution in [1.82, 2.24) is 19.8 Å². The number of likely N-dealkylation sites (tertiary alicyclic amines) is 1. The molecule has 0 atom stereocenters. The molecule has 2 aliphatic heterocycles. The van der Waals surface area contributed by atoms with Gasteiger partial charge in [-0.05, 0) is 74.3 Å². The third kappa shape index (κ3) is 3.12. The molecule has 0 saturated carbocycles. The number of carbonyl (C=O) groups is 1. The fourth-order valence-electron chi connectivity index (χ4n) is 5.80. The van der Waals surface area contributed by atoms with Crippen LogP contribution in [0.15, 0.2) is 54.7 Å². The van der Waals surface area contributed by atoms with Crippen LogP contribution in [-0.2, 0) is 12.0 Å². The summed E-state index contributed by atoms with van der Waals surface area (Å²) >= 11 is 0. The molecule has 6 heteroatoms. The Bertz CT molecular complexity index is 1370. The molecule has 1 fully saturated rings. The highest BCUT2D eigenvalue weighted by Gasteiger charge is 2.45. The number of amides is 1. The summed E-state index contributed by atoms with van der Waals surface area (Å²) in [6.45, 7) is 2.50. The van der Waals surface area contributed by atoms with Crippen molar-refractivity contribution in [3.63, 3.8) is 0 Å². The summed E-state index contributed by atoms with van der Waals surface area (Å²) in [6, 6.07) is 16.0. The number of pyridine rings is 1. The number of aromatic amines is 1. The van der Waals surface area contributed by atoms with Crippen LogP contribution in [0.2, 0.25) is 0 Å². The Morgan fingerprint density at radius 2 is 1.94 bits per heavy atom. The van der Waals surface area contributed by atoms with E-state index in [0.29, 0.717) is 0 Å². The van der Waals surface area contributed by atoms with Gasteiger partial charge in [0.2, 0.25) is 0 Å². The van der Waals surface area contributed by atoms with E-state index in [-0.39, 0.29) is 11.4 Å². The summed E-state index contributed by atoms with van der Waals surface area (Å²) in [5, 5.41) is 2.27. The van der Waals surface area contributed by atoms with Gasteiger partial charge in [0.1, 0.15) is 5.75 Å². The lowest BCUT2D eigenvalue weighted by Gasteiger charge is -2.49. The summed E-state index contributed by atoms with van der Waals surface area (Å²) in [5.41, 5.74) is 5.48. The highest BCUT2D eigenvalue weighted by molar-refractivity contribution is 5.98. The van der Waals surface area contributed by atoms with E-state index in [4.69, 9.17) is 4.74 Å². The van der Waals surface area contributed by atoms with Crippen LogP contribution in [0.4, 0.5) is 0 Å². The van der Waals surface area contributed by atoms with E-state index in [1.165, 1.54) is 22.2 Å². The molecule has 0 aliphatic carbocycles. The molecule has 6 rings (SSSR count). The van der Waals surface area contributed by atoms with Gasteiger partial charge in [-0.2, -0.15) is 0 Å². The lowest BCUT2D eigenvalue weighted by Crippen LogP contribution is -2.55. The van der Waals surface area contributed by atoms with Crippen LogP contribution in [0.3, 0.4) is 0 Å². The van der Waals surface area contributed by atoms with Crippen molar-refractivity contribution in [2.75, 3.05) is 33.8 Å². The molecule has 2 aromatic carbocycles. The Labute approximate surface area is 193 Å². The van der Waals surface area contributed by atoms with Gasteiger partial charge in [-0.15, -0.1) is 0 Å². The maximum Gasteiger partial charge on any atom is 0.253 e. The fraction of sp³-hybridized carbons (Fsp3) is 0.333. The molecular weight excluding hydrogens is 412 g/mol. The molecule has 1 spiro atoms. The largest absolute Gasteiger partial charge is 0.497 e. The van der Waals surface area contributed by atoms with Gasteiger partial charge in [0.25, 0.3) is 5.91 Å². The van der Waals surface area contributed by atoms with Gasteiger partial charge in [-0.3, -0.25) is 14.7 Å². The van der Waals surface area contributed by atoms with Crippen molar-refractivity contribution >= 4 is 27.7 Å². The average molecular weight is 441 g/mol. The van der Waals surface area contributed by atoms with Gasteiger partial charge in [0.15, 0.2) is 0 Å². The van der Waals surface area contributed by atoms with E-state index >= 15 is 0 Å². The van der Waals surface area contributed by atoms with Crippen molar-refractivity contribution in [3.05, 3.63) is 71.5 Å². The first-order valence-corrected chi connectivity index (χ1v) is 11.6. The van der Waals surface area contributed by atoms with Crippen molar-refractivity contribution in [3.8, 4) is 5.75 Å². The number of nitrogens with zero attached hydrogens (tertiary/aromatic N) is 3. The lowest BCUT2D eigenvalue weighted by molar-refractivity contribution is 0.0231. The third-order valence-electron chi connectivity index (χ3n) is 7.73. The second-order valence-corrected chi connectivity index (χ2v) is 9.30. The van der Waals surface area contributed by atoms with Crippen molar-refractivity contribution in [2.24, 2.45) is 0 Å². The molecule has 0 radical (unpaired) electrons. The van der Waals surface area contributed by atoms with E-state index < -0.39 is 0 Å². The minimum atomic E-state index is -0.0656. The van der Waals surface area contributed by atoms with Gasteiger partial charge in [0.05, 0.1) is 18.2 Å². The summed E-state index contributed by atoms with van der Waals surface area (Å²) in [5.74, 6) is 0.999. The van der Waals surface area contributed by atoms with Crippen LogP contribution in [0, 0.1) is 0 Å². The summed E-state index contributed by atoms with van der Waals surface area (Å²) in [6.07, 6.45) is 4.64. The second-order valence-electron chi connectivity index (χ2n) is 9.30. The number of methoxy groups -OCH3 is 1. The number of nitrogens with one attached hydrogen (secondary N) is 1. The maximum absolute atomic E-state index is 13.3. The number of piperidine rings is 1. The van der Waals surface area contributed by atoms with Crippen LogP contribution in [0.25, 0.3) is 21.8 Å². The monoisotopic (exact) mass is 440 g/mol. The molecule has 0 bridgehead atoms. The number of likely N-dealkylation sites (N-methyl/N-ethyl adjacent to an activating group) is 1. The van der Waals surface area contributed by atoms with E-state index in [0.717, 1.165) is 61.1 Å². The zero-order valence-corrected chi connectivity index (χ0v) is 19.1. The van der Waals surface area contributed by atoms with Gasteiger partial charge in [-0.25, -0.2) is 0 Å². The Hall–Kier alpha value is -3.38. The van der Waals surface area contributed by atoms with Gasteiger partial charge >= 0.3 is 0 Å². The summed E-state index contributed by atoms with van der Waals surface area (Å²) in [7, 11) is 3.94. The molecule has 1 N–H and O–H groups in total. The smallest absolute Gasteiger partial charge is 0.253 e. The fourth-order valence-corrected chi connectivity index (χ4v) is 5.80. The Balaban J connectivity index is 1.29. The van der Waals surface area contributed by atoms with Gasteiger partial charge in [-0.1, -0.05) is 6.07 Å². The molecule has 1 saturated heterocycles. The summed E-state index contributed by atoms with van der Waals surface area (Å²) < 4.78 is 5.48. The highest BCUT2D eigenvalue weighted by Crippen LogP contribution is 2.45. The maximum atomic E-state index is 13.3. The Kier molecular flexibility index (Phi) is 4.66. The van der Waals surface area contributed by atoms with Crippen molar-refractivity contribution < 1.29 is 9.53 Å². The predicted octanol–water partition coefficient (Wildman–Crippen LogP) is 4.34. The second kappa shape index (κ2) is 7.59. The Morgan fingerprint density at radius 3 is 2.76 bits per heavy atom. The molecular formula is C27H28N4O2. The van der Waals surface area contributed by atoms with E-state index in [9.17, 15) is 4.79 Å². The van der Waals surface area contributed by atoms with Crippen LogP contribution in [0.1, 0.15) is 34.5 Å². The highest BCUT2D eigenvalue weighted by atomic mass is 16.5. The number of aromatic nitrogens is 2. The zero-order valence-electron chi connectivity index (χ0n) is 19.1. The first kappa shape index (κ1) is 20.2. The first-order valence-electron chi connectivity index (χ1n) is 11.6. The molecule has 1 amide bonds. The number of rotatable bonds is 2. The van der Waals surface area contributed by atoms with Crippen molar-refractivity contribution in [2.45, 2.75) is 24.8 Å². The van der Waals surface area contributed by atoms with Crippen LogP contribution >= 0.6 is 0 Å². The van der Waals surface area contributed by atoms with E-state index in [1.807, 2.05) is 41.3 Å². The number of carbonyl (C=O) groups excluding carboxylic acids is 1. The average Bonchev–Trinajstić information content (AvgIpc) is 3.25. The predicted molar refractivity (Wildman–Crippen MR) is 130 cm³/mol. The van der Waals surface area contributed by atoms with Crippen LogP contribution in [0.5, 0.6) is 5.75 Å². The number of benzene rings is 2. The zero-order chi connectivity index (χ0) is 22.6. The number of H-pyrrole nitrogens is 1. The van der Waals surface area contributed by atoms with Gasteiger partial charge < -0.3 is 14.6 Å². The molecule has 33 heavy (non-hydrogen) atoms.